The molecule has 5 nitrogen and oxygen atoms in total. The number of cyclic esters (lactones) is 1. The third-order valence-electron chi connectivity index (χ3n) is 4.79. The quantitative estimate of drug-likeness (QED) is 0.280. The van der Waals surface area contributed by atoms with Gasteiger partial charge < -0.3 is 14.2 Å². The number of nitrogens with zero attached hydrogens (tertiary/aromatic N) is 1. The summed E-state index contributed by atoms with van der Waals surface area (Å²) >= 11 is 3.55. The highest BCUT2D eigenvalue weighted by molar-refractivity contribution is 9.10. The standard InChI is InChI=1S/C26H21BrFNO4/c1-3-31-23-13-18(11-21(27)24(23)32-15-17-7-4-6-16(2)10-17)12-22-26(30)33-25(29-22)19-8-5-9-20(28)14-19/h4-14H,3,15H2,1-2H3/b22-12-. The SMILES string of the molecule is CCOc1cc(/C=C2\N=C(c3cccc(F)c3)OC2=O)cc(Br)c1OCc1cccc(C)c1. The lowest BCUT2D eigenvalue weighted by Gasteiger charge is -2.15. The summed E-state index contributed by atoms with van der Waals surface area (Å²) in [5.41, 5.74) is 3.37. The van der Waals surface area contributed by atoms with E-state index in [-0.39, 0.29) is 11.6 Å². The van der Waals surface area contributed by atoms with Gasteiger partial charge in [0.25, 0.3) is 0 Å². The summed E-state index contributed by atoms with van der Waals surface area (Å²) in [6.07, 6.45) is 1.59. The molecule has 0 amide bonds. The van der Waals surface area contributed by atoms with Gasteiger partial charge in [-0.3, -0.25) is 0 Å². The van der Waals surface area contributed by atoms with Crippen molar-refractivity contribution in [1.29, 1.82) is 0 Å². The first-order chi connectivity index (χ1) is 15.9. The second-order valence-electron chi connectivity index (χ2n) is 7.39. The number of carbonyl (C=O) groups is 1. The molecule has 1 aliphatic rings. The molecule has 4 rings (SSSR count). The summed E-state index contributed by atoms with van der Waals surface area (Å²) in [7, 11) is 0. The summed E-state index contributed by atoms with van der Waals surface area (Å²) in [5.74, 6) is 0.122. The Hall–Kier alpha value is -3.45. The molecule has 0 spiro atoms. The predicted octanol–water partition coefficient (Wildman–Crippen LogP) is 6.22. The summed E-state index contributed by atoms with van der Waals surface area (Å²) in [5, 5.41) is 0. The molecular weight excluding hydrogens is 489 g/mol. The summed E-state index contributed by atoms with van der Waals surface area (Å²) < 4.78 is 31.2. The molecule has 0 radical (unpaired) electrons. The number of ether oxygens (including phenoxy) is 3. The second kappa shape index (κ2) is 10.0. The Balaban J connectivity index is 1.61. The molecule has 3 aromatic carbocycles. The van der Waals surface area contributed by atoms with Gasteiger partial charge in [0.2, 0.25) is 5.90 Å². The van der Waals surface area contributed by atoms with Crippen molar-refractivity contribution in [2.24, 2.45) is 4.99 Å². The van der Waals surface area contributed by atoms with E-state index in [1.54, 1.807) is 18.2 Å². The van der Waals surface area contributed by atoms with Gasteiger partial charge in [0.05, 0.1) is 11.1 Å². The number of benzene rings is 3. The van der Waals surface area contributed by atoms with Gasteiger partial charge in [-0.05, 0) is 77.3 Å². The summed E-state index contributed by atoms with van der Waals surface area (Å²) in [6, 6.07) is 17.4. The molecule has 7 heteroatoms. The van der Waals surface area contributed by atoms with Crippen molar-refractivity contribution in [2.75, 3.05) is 6.61 Å². The van der Waals surface area contributed by atoms with Gasteiger partial charge in [0, 0.05) is 5.56 Å². The molecule has 0 saturated heterocycles. The number of aryl methyl sites for hydroxylation is 1. The van der Waals surface area contributed by atoms with Crippen molar-refractivity contribution in [3.63, 3.8) is 0 Å². The van der Waals surface area contributed by atoms with Crippen LogP contribution in [0.3, 0.4) is 0 Å². The van der Waals surface area contributed by atoms with Gasteiger partial charge in [-0.25, -0.2) is 14.2 Å². The van der Waals surface area contributed by atoms with Crippen LogP contribution in [0, 0.1) is 12.7 Å². The molecule has 168 valence electrons. The van der Waals surface area contributed by atoms with Gasteiger partial charge in [0.1, 0.15) is 12.4 Å². The van der Waals surface area contributed by atoms with Gasteiger partial charge in [-0.1, -0.05) is 35.9 Å². The fourth-order valence-electron chi connectivity index (χ4n) is 3.34. The van der Waals surface area contributed by atoms with Gasteiger partial charge in [0.15, 0.2) is 17.2 Å². The minimum Gasteiger partial charge on any atom is -0.490 e. The molecular formula is C26H21BrFNO4. The van der Waals surface area contributed by atoms with E-state index in [4.69, 9.17) is 14.2 Å². The van der Waals surface area contributed by atoms with E-state index in [1.807, 2.05) is 38.1 Å². The Morgan fingerprint density at radius 3 is 2.67 bits per heavy atom. The van der Waals surface area contributed by atoms with Gasteiger partial charge >= 0.3 is 5.97 Å². The van der Waals surface area contributed by atoms with Crippen LogP contribution in [0.25, 0.3) is 6.08 Å². The molecule has 0 N–H and O–H groups in total. The minimum absolute atomic E-state index is 0.0629. The van der Waals surface area contributed by atoms with Crippen LogP contribution in [0.2, 0.25) is 0 Å². The van der Waals surface area contributed by atoms with E-state index < -0.39 is 11.8 Å². The number of carbonyl (C=O) groups excluding carboxylic acids is 1. The van der Waals surface area contributed by atoms with Crippen LogP contribution in [0.15, 0.2) is 75.8 Å². The highest BCUT2D eigenvalue weighted by Gasteiger charge is 2.25. The second-order valence-corrected chi connectivity index (χ2v) is 8.24. The Bertz CT molecular complexity index is 1270. The van der Waals surface area contributed by atoms with Crippen LogP contribution in [-0.4, -0.2) is 18.5 Å². The Labute approximate surface area is 199 Å². The first kappa shape index (κ1) is 22.7. The lowest BCUT2D eigenvalue weighted by molar-refractivity contribution is -0.129. The zero-order valence-corrected chi connectivity index (χ0v) is 19.7. The van der Waals surface area contributed by atoms with Gasteiger partial charge in [-0.2, -0.15) is 0 Å². The molecule has 3 aromatic rings. The molecule has 0 atom stereocenters. The lowest BCUT2D eigenvalue weighted by atomic mass is 10.1. The first-order valence-corrected chi connectivity index (χ1v) is 11.2. The molecule has 0 fully saturated rings. The first-order valence-electron chi connectivity index (χ1n) is 10.4. The molecule has 0 unspecified atom stereocenters. The van der Waals surface area contributed by atoms with Crippen LogP contribution in [0.4, 0.5) is 4.39 Å². The zero-order valence-electron chi connectivity index (χ0n) is 18.1. The van der Waals surface area contributed by atoms with E-state index in [9.17, 15) is 9.18 Å². The maximum absolute atomic E-state index is 13.5. The summed E-state index contributed by atoms with van der Waals surface area (Å²) in [6.45, 7) is 4.74. The van der Waals surface area contributed by atoms with Crippen LogP contribution >= 0.6 is 15.9 Å². The summed E-state index contributed by atoms with van der Waals surface area (Å²) in [4.78, 5) is 16.6. The van der Waals surface area contributed by atoms with Crippen molar-refractivity contribution < 1.29 is 23.4 Å². The molecule has 0 bridgehead atoms. The fourth-order valence-corrected chi connectivity index (χ4v) is 3.92. The highest BCUT2D eigenvalue weighted by Crippen LogP contribution is 2.38. The Morgan fingerprint density at radius 2 is 1.91 bits per heavy atom. The molecule has 0 aromatic heterocycles. The van der Waals surface area contributed by atoms with Crippen LogP contribution in [0.1, 0.15) is 29.2 Å². The monoisotopic (exact) mass is 509 g/mol. The third kappa shape index (κ3) is 5.49. The van der Waals surface area contributed by atoms with Crippen LogP contribution in [0.5, 0.6) is 11.5 Å². The largest absolute Gasteiger partial charge is 0.490 e. The van der Waals surface area contributed by atoms with Crippen molar-refractivity contribution in [2.45, 2.75) is 20.5 Å². The van der Waals surface area contributed by atoms with E-state index in [1.165, 1.54) is 18.2 Å². The van der Waals surface area contributed by atoms with E-state index in [0.29, 0.717) is 40.3 Å². The molecule has 1 aliphatic heterocycles. The smallest absolute Gasteiger partial charge is 0.363 e. The molecule has 0 aliphatic carbocycles. The third-order valence-corrected chi connectivity index (χ3v) is 5.38. The maximum atomic E-state index is 13.5. The Morgan fingerprint density at radius 1 is 1.09 bits per heavy atom. The number of rotatable bonds is 7. The zero-order chi connectivity index (χ0) is 23.4. The van der Waals surface area contributed by atoms with E-state index in [0.717, 1.165) is 11.1 Å². The number of hydrogen-bond donors (Lipinski definition) is 0. The number of hydrogen-bond acceptors (Lipinski definition) is 5. The van der Waals surface area contributed by atoms with Crippen molar-refractivity contribution in [1.82, 2.24) is 0 Å². The van der Waals surface area contributed by atoms with Crippen LogP contribution < -0.4 is 9.47 Å². The average molecular weight is 510 g/mol. The number of esters is 1. The predicted molar refractivity (Wildman–Crippen MR) is 128 cm³/mol. The maximum Gasteiger partial charge on any atom is 0.363 e. The van der Waals surface area contributed by atoms with Gasteiger partial charge in [-0.15, -0.1) is 0 Å². The number of aliphatic imine (C=N–C) groups is 1. The topological polar surface area (TPSA) is 57.1 Å². The lowest BCUT2D eigenvalue weighted by Crippen LogP contribution is -2.05. The van der Waals surface area contributed by atoms with E-state index in [2.05, 4.69) is 27.0 Å². The van der Waals surface area contributed by atoms with Crippen molar-refractivity contribution >= 4 is 33.9 Å². The minimum atomic E-state index is -0.608. The molecule has 33 heavy (non-hydrogen) atoms. The molecule has 1 heterocycles. The van der Waals surface area contributed by atoms with Crippen molar-refractivity contribution in [3.05, 3.63) is 98.9 Å². The number of halogens is 2. The fraction of sp³-hybridized carbons (Fsp3) is 0.154. The van der Waals surface area contributed by atoms with Crippen molar-refractivity contribution in [3.8, 4) is 11.5 Å². The Kier molecular flexibility index (Phi) is 6.89. The average Bonchev–Trinajstić information content (AvgIpc) is 3.14. The molecule has 0 saturated carbocycles. The van der Waals surface area contributed by atoms with Crippen LogP contribution in [-0.2, 0) is 16.1 Å². The highest BCUT2D eigenvalue weighted by atomic mass is 79.9. The van der Waals surface area contributed by atoms with E-state index >= 15 is 0 Å². The normalized spacial score (nSPS) is 14.2.